The Morgan fingerprint density at radius 1 is 1.62 bits per heavy atom. The van der Waals surface area contributed by atoms with Gasteiger partial charge in [0.2, 0.25) is 5.91 Å². The predicted octanol–water partition coefficient (Wildman–Crippen LogP) is 0.938. The van der Waals surface area contributed by atoms with E-state index in [0.717, 1.165) is 18.9 Å². The lowest BCUT2D eigenvalue weighted by Gasteiger charge is -2.08. The number of carbonyl (C=O) groups excluding carboxylic acids is 1. The lowest BCUT2D eigenvalue weighted by Crippen LogP contribution is -2.33. The van der Waals surface area contributed by atoms with Crippen LogP contribution in [0.5, 0.6) is 0 Å². The summed E-state index contributed by atoms with van der Waals surface area (Å²) in [5.74, 6) is 1.07. The summed E-state index contributed by atoms with van der Waals surface area (Å²) in [6, 6.07) is 0.470. The fraction of sp³-hybridized carbons (Fsp3) is 0.900. The van der Waals surface area contributed by atoms with Crippen LogP contribution in [0.2, 0.25) is 0 Å². The van der Waals surface area contributed by atoms with Crippen molar-refractivity contribution in [1.82, 2.24) is 5.32 Å². The normalized spacial score (nSPS) is 37.5. The fourth-order valence-electron chi connectivity index (χ4n) is 1.92. The van der Waals surface area contributed by atoms with E-state index in [-0.39, 0.29) is 11.8 Å². The summed E-state index contributed by atoms with van der Waals surface area (Å²) >= 11 is 0. The van der Waals surface area contributed by atoms with Crippen LogP contribution in [0.1, 0.15) is 26.2 Å². The van der Waals surface area contributed by atoms with Gasteiger partial charge in [-0.2, -0.15) is 0 Å². The first kappa shape index (κ1) is 9.00. The number of nitrogens with one attached hydrogen (secondary N) is 1. The average Bonchev–Trinajstić information content (AvgIpc) is 2.68. The molecule has 1 saturated heterocycles. The van der Waals surface area contributed by atoms with Crippen molar-refractivity contribution >= 4 is 5.91 Å². The van der Waals surface area contributed by atoms with Crippen LogP contribution < -0.4 is 5.32 Å². The van der Waals surface area contributed by atoms with E-state index in [2.05, 4.69) is 12.2 Å². The molecular formula is C10H17NO2. The van der Waals surface area contributed by atoms with Gasteiger partial charge in [0.25, 0.3) is 0 Å². The molecule has 0 bridgehead atoms. The Hall–Kier alpha value is -0.570. The Morgan fingerprint density at radius 2 is 2.46 bits per heavy atom. The highest BCUT2D eigenvalue weighted by Crippen LogP contribution is 2.33. The summed E-state index contributed by atoms with van der Waals surface area (Å²) in [5, 5.41) is 3.08. The lowest BCUT2D eigenvalue weighted by atomic mass is 10.1. The monoisotopic (exact) mass is 183 g/mol. The van der Waals surface area contributed by atoms with Crippen molar-refractivity contribution < 1.29 is 9.53 Å². The number of carbonyl (C=O) groups is 1. The Balaban J connectivity index is 1.72. The van der Waals surface area contributed by atoms with Crippen LogP contribution >= 0.6 is 0 Å². The van der Waals surface area contributed by atoms with Crippen LogP contribution in [0, 0.1) is 11.8 Å². The molecule has 0 radical (unpaired) electrons. The maximum absolute atomic E-state index is 11.6. The van der Waals surface area contributed by atoms with Gasteiger partial charge in [-0.1, -0.05) is 13.3 Å². The van der Waals surface area contributed by atoms with Gasteiger partial charge < -0.3 is 10.1 Å². The molecule has 0 aromatic carbocycles. The van der Waals surface area contributed by atoms with E-state index in [1.165, 1.54) is 12.8 Å². The smallest absolute Gasteiger partial charge is 0.225 e. The molecule has 74 valence electrons. The molecule has 1 heterocycles. The van der Waals surface area contributed by atoms with E-state index >= 15 is 0 Å². The van der Waals surface area contributed by atoms with Gasteiger partial charge in [0.05, 0.1) is 12.5 Å². The molecule has 3 heteroatoms. The zero-order valence-electron chi connectivity index (χ0n) is 8.08. The number of hydrogen-bond acceptors (Lipinski definition) is 2. The van der Waals surface area contributed by atoms with Gasteiger partial charge in [0.1, 0.15) is 0 Å². The second-order valence-electron chi connectivity index (χ2n) is 4.08. The molecule has 2 fully saturated rings. The Morgan fingerprint density at radius 3 is 3.00 bits per heavy atom. The summed E-state index contributed by atoms with van der Waals surface area (Å²) in [4.78, 5) is 11.6. The molecule has 1 N–H and O–H groups in total. The van der Waals surface area contributed by atoms with E-state index in [1.807, 2.05) is 0 Å². The Kier molecular flexibility index (Phi) is 2.54. The Bertz CT molecular complexity index is 199. The second kappa shape index (κ2) is 3.66. The molecule has 13 heavy (non-hydrogen) atoms. The van der Waals surface area contributed by atoms with Crippen LogP contribution in [0.15, 0.2) is 0 Å². The third kappa shape index (κ3) is 2.02. The molecule has 0 spiro atoms. The first-order valence-electron chi connectivity index (χ1n) is 5.19. The third-order valence-corrected chi connectivity index (χ3v) is 3.08. The van der Waals surface area contributed by atoms with Crippen molar-refractivity contribution in [2.24, 2.45) is 11.8 Å². The van der Waals surface area contributed by atoms with Gasteiger partial charge in [-0.15, -0.1) is 0 Å². The SMILES string of the molecule is CC[C@@H]1C[C@H]1NC(=O)C1CCOC1. The summed E-state index contributed by atoms with van der Waals surface area (Å²) in [5.41, 5.74) is 0. The molecule has 0 aromatic heterocycles. The maximum atomic E-state index is 11.6. The number of ether oxygens (including phenoxy) is 1. The molecular weight excluding hydrogens is 166 g/mol. The highest BCUT2D eigenvalue weighted by molar-refractivity contribution is 5.79. The van der Waals surface area contributed by atoms with E-state index in [1.54, 1.807) is 0 Å². The van der Waals surface area contributed by atoms with Crippen LogP contribution in [0.25, 0.3) is 0 Å². The van der Waals surface area contributed by atoms with Crippen molar-refractivity contribution in [2.45, 2.75) is 32.2 Å². The third-order valence-electron chi connectivity index (χ3n) is 3.08. The van der Waals surface area contributed by atoms with Crippen molar-refractivity contribution in [3.05, 3.63) is 0 Å². The first-order valence-corrected chi connectivity index (χ1v) is 5.19. The molecule has 1 aliphatic carbocycles. The maximum Gasteiger partial charge on any atom is 0.225 e. The van der Waals surface area contributed by atoms with Crippen molar-refractivity contribution in [2.75, 3.05) is 13.2 Å². The van der Waals surface area contributed by atoms with E-state index in [9.17, 15) is 4.79 Å². The highest BCUT2D eigenvalue weighted by Gasteiger charge is 2.38. The minimum Gasteiger partial charge on any atom is -0.381 e. The van der Waals surface area contributed by atoms with Crippen LogP contribution in [-0.4, -0.2) is 25.2 Å². The number of amides is 1. The van der Waals surface area contributed by atoms with Crippen molar-refractivity contribution in [1.29, 1.82) is 0 Å². The quantitative estimate of drug-likeness (QED) is 0.707. The van der Waals surface area contributed by atoms with E-state index in [4.69, 9.17) is 4.74 Å². The van der Waals surface area contributed by atoms with Gasteiger partial charge in [-0.25, -0.2) is 0 Å². The largest absolute Gasteiger partial charge is 0.381 e. The predicted molar refractivity (Wildman–Crippen MR) is 49.3 cm³/mol. The molecule has 2 aliphatic rings. The first-order chi connectivity index (χ1) is 6.31. The lowest BCUT2D eigenvalue weighted by molar-refractivity contribution is -0.125. The summed E-state index contributed by atoms with van der Waals surface area (Å²) in [6.07, 6.45) is 3.26. The van der Waals surface area contributed by atoms with Gasteiger partial charge in [-0.05, 0) is 18.8 Å². The van der Waals surface area contributed by atoms with Gasteiger partial charge in [0.15, 0.2) is 0 Å². The fourth-order valence-corrected chi connectivity index (χ4v) is 1.92. The van der Waals surface area contributed by atoms with Gasteiger partial charge in [-0.3, -0.25) is 4.79 Å². The standard InChI is InChI=1S/C10H17NO2/c1-2-7-5-9(7)11-10(12)8-3-4-13-6-8/h7-9H,2-6H2,1H3,(H,11,12)/t7-,8?,9-/m1/s1. The van der Waals surface area contributed by atoms with E-state index in [0.29, 0.717) is 12.6 Å². The minimum absolute atomic E-state index is 0.123. The van der Waals surface area contributed by atoms with Crippen LogP contribution in [-0.2, 0) is 9.53 Å². The summed E-state index contributed by atoms with van der Waals surface area (Å²) < 4.78 is 5.17. The van der Waals surface area contributed by atoms with E-state index < -0.39 is 0 Å². The summed E-state index contributed by atoms with van der Waals surface area (Å²) in [7, 11) is 0. The highest BCUT2D eigenvalue weighted by atomic mass is 16.5. The molecule has 2 rings (SSSR count). The molecule has 3 nitrogen and oxygen atoms in total. The van der Waals surface area contributed by atoms with Crippen LogP contribution in [0.3, 0.4) is 0 Å². The molecule has 1 amide bonds. The Labute approximate surface area is 78.8 Å². The zero-order valence-corrected chi connectivity index (χ0v) is 8.08. The molecule has 1 saturated carbocycles. The molecule has 1 unspecified atom stereocenters. The molecule has 3 atom stereocenters. The van der Waals surface area contributed by atoms with Gasteiger partial charge >= 0.3 is 0 Å². The van der Waals surface area contributed by atoms with Crippen molar-refractivity contribution in [3.8, 4) is 0 Å². The van der Waals surface area contributed by atoms with Crippen LogP contribution in [0.4, 0.5) is 0 Å². The summed E-state index contributed by atoms with van der Waals surface area (Å²) in [6.45, 7) is 3.55. The minimum atomic E-state index is 0.123. The average molecular weight is 183 g/mol. The topological polar surface area (TPSA) is 38.3 Å². The number of rotatable bonds is 3. The molecule has 1 aliphatic heterocycles. The second-order valence-corrected chi connectivity index (χ2v) is 4.08. The molecule has 0 aromatic rings. The number of hydrogen-bond donors (Lipinski definition) is 1. The van der Waals surface area contributed by atoms with Gasteiger partial charge in [0, 0.05) is 12.6 Å². The zero-order chi connectivity index (χ0) is 9.26. The van der Waals surface area contributed by atoms with Crippen molar-refractivity contribution in [3.63, 3.8) is 0 Å².